The van der Waals surface area contributed by atoms with E-state index in [9.17, 15) is 9.59 Å². The molecule has 0 bridgehead atoms. The van der Waals surface area contributed by atoms with Gasteiger partial charge in [-0.1, -0.05) is 141 Å². The lowest BCUT2D eigenvalue weighted by Gasteiger charge is -2.22. The zero-order valence-electron chi connectivity index (χ0n) is 39.0. The summed E-state index contributed by atoms with van der Waals surface area (Å²) >= 11 is 0. The Morgan fingerprint density at radius 1 is 0.644 bits per heavy atom. The van der Waals surface area contributed by atoms with Crippen molar-refractivity contribution in [3.8, 4) is 0 Å². The molecule has 342 valence electrons. The topological polar surface area (TPSA) is 89.8 Å². The van der Waals surface area contributed by atoms with Gasteiger partial charge in [-0.3, -0.25) is 19.2 Å². The third kappa shape index (κ3) is 31.3. The van der Waals surface area contributed by atoms with Gasteiger partial charge >= 0.3 is 11.9 Å². The zero-order valence-corrected chi connectivity index (χ0v) is 39.0. The first-order chi connectivity index (χ1) is 29.0. The summed E-state index contributed by atoms with van der Waals surface area (Å²) < 4.78 is 13.6. The minimum absolute atomic E-state index is 0.0176. The van der Waals surface area contributed by atoms with Crippen molar-refractivity contribution in [1.29, 1.82) is 0 Å². The van der Waals surface area contributed by atoms with E-state index >= 15 is 0 Å². The number of allylic oxidation sites excluding steroid dienone is 2. The van der Waals surface area contributed by atoms with Gasteiger partial charge in [-0.25, -0.2) is 0 Å². The van der Waals surface area contributed by atoms with Crippen LogP contribution in [0.5, 0.6) is 0 Å². The van der Waals surface area contributed by atoms with Crippen LogP contribution in [0, 0.1) is 0 Å². The fraction of sp³-hybridized carbons (Fsp3) is 0.880. The van der Waals surface area contributed by atoms with E-state index in [2.05, 4.69) is 59.2 Å². The van der Waals surface area contributed by atoms with Crippen molar-refractivity contribution in [3.05, 3.63) is 24.0 Å². The molecule has 0 amide bonds. The summed E-state index contributed by atoms with van der Waals surface area (Å²) in [5.74, 6) is -0.0388. The number of hydrogen-bond acceptors (Lipinski definition) is 8. The predicted octanol–water partition coefficient (Wildman–Crippen LogP) is 12.9. The molecule has 0 atom stereocenters. The van der Waals surface area contributed by atoms with Gasteiger partial charge in [0.25, 0.3) is 0 Å². The van der Waals surface area contributed by atoms with Crippen LogP contribution in [0.25, 0.3) is 0 Å². The summed E-state index contributed by atoms with van der Waals surface area (Å²) in [5.41, 5.74) is 1.07. The molecular formula is C50H93N5O4. The molecule has 9 heteroatoms. The zero-order chi connectivity index (χ0) is 42.3. The first kappa shape index (κ1) is 52.9. The summed E-state index contributed by atoms with van der Waals surface area (Å²) in [4.78, 5) is 30.2. The molecule has 2 rings (SSSR count). The van der Waals surface area contributed by atoms with Gasteiger partial charge in [0.1, 0.15) is 6.10 Å². The van der Waals surface area contributed by atoms with Gasteiger partial charge in [-0.05, 0) is 116 Å². The molecule has 0 saturated carbocycles. The van der Waals surface area contributed by atoms with E-state index in [1.54, 1.807) is 0 Å². The summed E-state index contributed by atoms with van der Waals surface area (Å²) in [6.45, 7) is 14.4. The second kappa shape index (κ2) is 38.6. The third-order valence-electron chi connectivity index (χ3n) is 12.0. The van der Waals surface area contributed by atoms with Gasteiger partial charge in [-0.15, -0.1) is 5.10 Å². The van der Waals surface area contributed by atoms with Crippen LogP contribution in [0.2, 0.25) is 0 Å². The summed E-state index contributed by atoms with van der Waals surface area (Å²) in [6.07, 6.45) is 43.2. The number of carbonyl (C=O) groups excluding carboxylic acids is 2. The Morgan fingerprint density at radius 2 is 1.17 bits per heavy atom. The maximum atomic E-state index is 12.9. The van der Waals surface area contributed by atoms with E-state index in [0.29, 0.717) is 19.4 Å². The van der Waals surface area contributed by atoms with E-state index in [0.717, 1.165) is 115 Å². The van der Waals surface area contributed by atoms with Crippen LogP contribution >= 0.6 is 0 Å². The van der Waals surface area contributed by atoms with Crippen molar-refractivity contribution in [2.75, 3.05) is 39.3 Å². The van der Waals surface area contributed by atoms with Crippen molar-refractivity contribution in [1.82, 2.24) is 24.8 Å². The van der Waals surface area contributed by atoms with Crippen molar-refractivity contribution in [2.45, 2.75) is 245 Å². The Labute approximate surface area is 363 Å². The quantitative estimate of drug-likeness (QED) is 0.0366. The number of unbranched alkanes of at least 4 members (excludes halogenated alkanes) is 20. The van der Waals surface area contributed by atoms with Crippen LogP contribution in [0.1, 0.15) is 232 Å². The lowest BCUT2D eigenvalue weighted by atomic mass is 10.0. The van der Waals surface area contributed by atoms with Gasteiger partial charge in [0.2, 0.25) is 0 Å². The first-order valence-corrected chi connectivity index (χ1v) is 25.4. The third-order valence-corrected chi connectivity index (χ3v) is 12.0. The Bertz CT molecular complexity index is 1120. The van der Waals surface area contributed by atoms with Crippen molar-refractivity contribution in [2.24, 2.45) is 0 Å². The molecule has 0 radical (unpaired) electrons. The van der Waals surface area contributed by atoms with Gasteiger partial charge < -0.3 is 14.4 Å². The van der Waals surface area contributed by atoms with Gasteiger partial charge in [0, 0.05) is 32.1 Å². The molecule has 59 heavy (non-hydrogen) atoms. The number of aromatic nitrogens is 3. The fourth-order valence-electron chi connectivity index (χ4n) is 8.20. The van der Waals surface area contributed by atoms with Crippen LogP contribution in [0.3, 0.4) is 0 Å². The molecule has 0 aromatic carbocycles. The SMILES string of the molecule is CCCCC/C=C\CCCOC(=O)CCCCCN(CCCCCCCC(=O)OC(CCCCCCCC)CCCCCCCC)CCn1cc(CN2CCCC2)nn1. The molecule has 9 nitrogen and oxygen atoms in total. The number of ether oxygens (including phenoxy) is 2. The molecule has 0 spiro atoms. The second-order valence-corrected chi connectivity index (χ2v) is 17.7. The lowest BCUT2D eigenvalue weighted by molar-refractivity contribution is -0.150. The van der Waals surface area contributed by atoms with Crippen LogP contribution < -0.4 is 0 Å². The average molecular weight is 828 g/mol. The Hall–Kier alpha value is -2.26. The molecule has 1 saturated heterocycles. The summed E-state index contributed by atoms with van der Waals surface area (Å²) in [5, 5.41) is 8.92. The summed E-state index contributed by atoms with van der Waals surface area (Å²) in [6, 6.07) is 0. The molecule has 1 aromatic heterocycles. The van der Waals surface area contributed by atoms with E-state index in [-0.39, 0.29) is 18.0 Å². The van der Waals surface area contributed by atoms with E-state index in [1.807, 2.05) is 4.68 Å². The molecular weight excluding hydrogens is 735 g/mol. The maximum Gasteiger partial charge on any atom is 0.306 e. The smallest absolute Gasteiger partial charge is 0.306 e. The van der Waals surface area contributed by atoms with Crippen molar-refractivity contribution < 1.29 is 19.1 Å². The first-order valence-electron chi connectivity index (χ1n) is 25.4. The highest BCUT2D eigenvalue weighted by Gasteiger charge is 2.16. The molecule has 1 fully saturated rings. The Balaban J connectivity index is 1.68. The molecule has 1 aromatic rings. The predicted molar refractivity (Wildman–Crippen MR) is 246 cm³/mol. The molecule has 0 N–H and O–H groups in total. The molecule has 1 aliphatic heterocycles. The number of esters is 2. The second-order valence-electron chi connectivity index (χ2n) is 17.7. The van der Waals surface area contributed by atoms with Gasteiger partial charge in [-0.2, -0.15) is 0 Å². The maximum absolute atomic E-state index is 12.9. The van der Waals surface area contributed by atoms with Gasteiger partial charge in [0.05, 0.1) is 18.8 Å². The standard InChI is InChI=1S/C50H93N5O4/c1-4-7-10-13-16-17-23-33-44-58-49(56)36-28-24-30-39-53(42-43-55-46-47(51-52-55)45-54-40-31-32-41-54)38-29-22-18-21-27-37-50(57)59-48(34-25-19-14-11-8-5-2)35-26-20-15-12-9-6-3/h16-17,46,48H,4-15,18-45H2,1-3H3/b17-16-. The highest BCUT2D eigenvalue weighted by Crippen LogP contribution is 2.19. The minimum Gasteiger partial charge on any atom is -0.466 e. The number of carbonyl (C=O) groups is 2. The van der Waals surface area contributed by atoms with Crippen LogP contribution in [0.4, 0.5) is 0 Å². The van der Waals surface area contributed by atoms with Crippen molar-refractivity contribution in [3.63, 3.8) is 0 Å². The number of nitrogens with zero attached hydrogens (tertiary/aromatic N) is 5. The Morgan fingerprint density at radius 3 is 1.81 bits per heavy atom. The molecule has 1 aliphatic rings. The normalized spacial score (nSPS) is 13.4. The fourth-order valence-corrected chi connectivity index (χ4v) is 8.20. The van der Waals surface area contributed by atoms with E-state index < -0.39 is 0 Å². The highest BCUT2D eigenvalue weighted by molar-refractivity contribution is 5.69. The van der Waals surface area contributed by atoms with Crippen LogP contribution in [0.15, 0.2) is 18.3 Å². The largest absolute Gasteiger partial charge is 0.466 e. The average Bonchev–Trinajstić information content (AvgIpc) is 3.93. The molecule has 0 aliphatic carbocycles. The monoisotopic (exact) mass is 828 g/mol. The van der Waals surface area contributed by atoms with E-state index in [1.165, 1.54) is 129 Å². The highest BCUT2D eigenvalue weighted by atomic mass is 16.5. The number of hydrogen-bond donors (Lipinski definition) is 0. The minimum atomic E-state index is -0.0564. The summed E-state index contributed by atoms with van der Waals surface area (Å²) in [7, 11) is 0. The van der Waals surface area contributed by atoms with Gasteiger partial charge in [0.15, 0.2) is 0 Å². The van der Waals surface area contributed by atoms with Crippen molar-refractivity contribution >= 4 is 11.9 Å². The Kier molecular flexibility index (Phi) is 34.6. The van der Waals surface area contributed by atoms with Crippen LogP contribution in [-0.4, -0.2) is 82.2 Å². The number of likely N-dealkylation sites (tertiary alicyclic amines) is 1. The lowest BCUT2D eigenvalue weighted by Crippen LogP contribution is -2.30. The number of rotatable bonds is 42. The molecule has 2 heterocycles. The van der Waals surface area contributed by atoms with Crippen LogP contribution in [-0.2, 0) is 32.2 Å². The van der Waals surface area contributed by atoms with E-state index in [4.69, 9.17) is 9.47 Å². The molecule has 0 unspecified atom stereocenters.